The number of anilines is 1. The van der Waals surface area contributed by atoms with E-state index in [9.17, 15) is 30.4 Å². The Morgan fingerprint density at radius 3 is 2.29 bits per heavy atom. The van der Waals surface area contributed by atoms with E-state index in [1.165, 1.54) is 30.3 Å². The van der Waals surface area contributed by atoms with Crippen molar-refractivity contribution in [1.29, 1.82) is 0 Å². The maximum atomic E-state index is 13.4. The molecule has 0 saturated carbocycles. The molecule has 3 aromatic rings. The van der Waals surface area contributed by atoms with Crippen molar-refractivity contribution in [2.75, 3.05) is 37.3 Å². The van der Waals surface area contributed by atoms with E-state index in [1.54, 1.807) is 0 Å². The molecule has 0 bridgehead atoms. The number of hydrogen-bond donors (Lipinski definition) is 2. The maximum absolute atomic E-state index is 13.4. The molecule has 2 N–H and O–H groups in total. The van der Waals surface area contributed by atoms with Crippen LogP contribution < -0.4 is 4.72 Å². The minimum Gasteiger partial charge on any atom is -0.506 e. The van der Waals surface area contributed by atoms with Crippen molar-refractivity contribution >= 4 is 79.2 Å². The molecule has 1 fully saturated rings. The number of rotatable bonds is 7. The van der Waals surface area contributed by atoms with E-state index in [1.807, 2.05) is 0 Å². The lowest BCUT2D eigenvalue weighted by atomic mass is 10.1. The van der Waals surface area contributed by atoms with Gasteiger partial charge in [0.2, 0.25) is 20.0 Å². The number of nitrogens with zero attached hydrogens (tertiary/aromatic N) is 3. The number of ether oxygens (including phenoxy) is 1. The first-order chi connectivity index (χ1) is 17.7. The van der Waals surface area contributed by atoms with Crippen LogP contribution in [0, 0.1) is 0 Å². The van der Waals surface area contributed by atoms with E-state index in [0.29, 0.717) is 0 Å². The molecule has 38 heavy (non-hydrogen) atoms. The summed E-state index contributed by atoms with van der Waals surface area (Å²) in [6.45, 7) is 0.468. The number of phenols is 1. The Kier molecular flexibility index (Phi) is 7.91. The summed E-state index contributed by atoms with van der Waals surface area (Å²) in [4.78, 5) is -0.889. The summed E-state index contributed by atoms with van der Waals surface area (Å²) in [5.41, 5.74) is -0.118. The quantitative estimate of drug-likeness (QED) is 0.294. The molecule has 4 rings (SSSR count). The topological polar surface area (TPSA) is 172 Å². The Balaban J connectivity index is 1.96. The Morgan fingerprint density at radius 2 is 1.66 bits per heavy atom. The van der Waals surface area contributed by atoms with Gasteiger partial charge in [-0.2, -0.15) is 9.42 Å². The fourth-order valence-corrected chi connectivity index (χ4v) is 7.34. The van der Waals surface area contributed by atoms with Crippen molar-refractivity contribution in [3.8, 4) is 5.75 Å². The number of hydrogen-bond acceptors (Lipinski definition) is 10. The third-order valence-electron chi connectivity index (χ3n) is 5.41. The molecule has 0 radical (unpaired) electrons. The van der Waals surface area contributed by atoms with Gasteiger partial charge in [0.05, 0.1) is 41.6 Å². The molecule has 0 atom stereocenters. The van der Waals surface area contributed by atoms with Gasteiger partial charge in [-0.1, -0.05) is 23.7 Å². The molecule has 0 aromatic heterocycles. The fourth-order valence-electron chi connectivity index (χ4n) is 3.76. The molecular weight excluding hydrogens is 603 g/mol. The van der Waals surface area contributed by atoms with Crippen LogP contribution in [-0.4, -0.2) is 67.2 Å². The van der Waals surface area contributed by atoms with Crippen molar-refractivity contribution in [3.05, 3.63) is 47.5 Å². The van der Waals surface area contributed by atoms with Gasteiger partial charge in [-0.3, -0.25) is 4.72 Å². The third kappa shape index (κ3) is 6.03. The van der Waals surface area contributed by atoms with Crippen LogP contribution in [0.5, 0.6) is 5.75 Å². The second-order valence-corrected chi connectivity index (χ2v) is 14.7. The first-order valence-corrected chi connectivity index (χ1v) is 16.7. The zero-order chi connectivity index (χ0) is 27.9. The van der Waals surface area contributed by atoms with Crippen molar-refractivity contribution in [2.45, 2.75) is 9.79 Å². The molecule has 0 spiro atoms. The number of halogens is 2. The van der Waals surface area contributed by atoms with Gasteiger partial charge in [0.25, 0.3) is 9.05 Å². The molecule has 0 aliphatic carbocycles. The Labute approximate surface area is 228 Å². The lowest BCUT2D eigenvalue weighted by Gasteiger charge is -2.26. The number of benzene rings is 3. The van der Waals surface area contributed by atoms with E-state index in [2.05, 4.69) is 15.0 Å². The maximum Gasteiger partial charge on any atom is 0.262 e. The summed E-state index contributed by atoms with van der Waals surface area (Å²) < 4.78 is 83.1. The van der Waals surface area contributed by atoms with Crippen LogP contribution in [-0.2, 0) is 33.8 Å². The fraction of sp³-hybridized carbons (Fsp3) is 0.238. The highest BCUT2D eigenvalue weighted by molar-refractivity contribution is 8.13. The zero-order valence-corrected chi connectivity index (χ0v) is 23.5. The standard InChI is InChI=1S/C21H20Cl2N4O8S3/c1-36(29,30)26-16-4-2-3-14-20(16)17(25-24-13-5-6-15(22)18(11-13)37(23,31)32)12-19(21(14)28)38(33,34)27-7-9-35-10-8-27/h2-6,11-12,26,28H,7-10H2,1H3. The number of phenolic OH excluding ortho intramolecular Hbond substituents is 1. The largest absolute Gasteiger partial charge is 0.506 e. The Morgan fingerprint density at radius 1 is 0.974 bits per heavy atom. The molecule has 1 saturated heterocycles. The van der Waals surface area contributed by atoms with Crippen molar-refractivity contribution in [1.82, 2.24) is 4.31 Å². The van der Waals surface area contributed by atoms with Crippen LogP contribution >= 0.6 is 22.3 Å². The van der Waals surface area contributed by atoms with Crippen molar-refractivity contribution in [3.63, 3.8) is 0 Å². The Bertz CT molecular complexity index is 1770. The molecule has 0 unspecified atom stereocenters. The normalized spacial score (nSPS) is 15.8. The molecule has 1 heterocycles. The lowest BCUT2D eigenvalue weighted by Crippen LogP contribution is -2.40. The predicted octanol–water partition coefficient (Wildman–Crippen LogP) is 3.93. The van der Waals surface area contributed by atoms with Gasteiger partial charge in [0, 0.05) is 34.5 Å². The van der Waals surface area contributed by atoms with E-state index < -0.39 is 44.6 Å². The molecule has 12 nitrogen and oxygen atoms in total. The monoisotopic (exact) mass is 622 g/mol. The van der Waals surface area contributed by atoms with E-state index >= 15 is 0 Å². The SMILES string of the molecule is CS(=O)(=O)Nc1cccc2c(O)c(S(=O)(=O)N3CCOCC3)cc(N=Nc3ccc(Cl)c(S(=O)(=O)Cl)c3)c12. The smallest absolute Gasteiger partial charge is 0.262 e. The van der Waals surface area contributed by atoms with Gasteiger partial charge in [0.15, 0.2) is 0 Å². The van der Waals surface area contributed by atoms with Crippen molar-refractivity contribution < 1.29 is 35.1 Å². The van der Waals surface area contributed by atoms with Gasteiger partial charge in [0.1, 0.15) is 15.5 Å². The molecule has 1 aliphatic heterocycles. The lowest BCUT2D eigenvalue weighted by molar-refractivity contribution is 0.0730. The number of azo groups is 1. The van der Waals surface area contributed by atoms with Gasteiger partial charge < -0.3 is 9.84 Å². The average Bonchev–Trinajstić information content (AvgIpc) is 2.83. The van der Waals surface area contributed by atoms with Gasteiger partial charge in [-0.25, -0.2) is 25.3 Å². The molecular formula is C21H20Cl2N4O8S3. The van der Waals surface area contributed by atoms with Crippen LogP contribution in [0.15, 0.2) is 62.5 Å². The molecule has 17 heteroatoms. The van der Waals surface area contributed by atoms with Crippen LogP contribution in [0.3, 0.4) is 0 Å². The Hall–Kier alpha value is -2.53. The van der Waals surface area contributed by atoms with Crippen LogP contribution in [0.2, 0.25) is 5.02 Å². The molecule has 204 valence electrons. The molecule has 0 amide bonds. The van der Waals surface area contributed by atoms with Crippen molar-refractivity contribution in [2.24, 2.45) is 10.2 Å². The van der Waals surface area contributed by atoms with E-state index in [-0.39, 0.29) is 59.2 Å². The van der Waals surface area contributed by atoms with Crippen LogP contribution in [0.1, 0.15) is 0 Å². The summed E-state index contributed by atoms with van der Waals surface area (Å²) in [5, 5.41) is 19.0. The second kappa shape index (κ2) is 10.6. The van der Waals surface area contributed by atoms with Crippen LogP contribution in [0.25, 0.3) is 10.8 Å². The zero-order valence-electron chi connectivity index (χ0n) is 19.5. The molecule has 3 aromatic carbocycles. The van der Waals surface area contributed by atoms with E-state index in [0.717, 1.165) is 22.7 Å². The minimum absolute atomic E-state index is 0.000916. The van der Waals surface area contributed by atoms with Crippen LogP contribution in [0.4, 0.5) is 17.1 Å². The number of morpholine rings is 1. The number of fused-ring (bicyclic) bond motifs is 1. The summed E-state index contributed by atoms with van der Waals surface area (Å²) in [6.07, 6.45) is 0.923. The van der Waals surface area contributed by atoms with E-state index in [4.69, 9.17) is 27.0 Å². The number of nitrogens with one attached hydrogen (secondary N) is 1. The second-order valence-electron chi connectivity index (χ2n) is 8.11. The summed E-state index contributed by atoms with van der Waals surface area (Å²) in [7, 11) is -6.80. The summed E-state index contributed by atoms with van der Waals surface area (Å²) in [5.74, 6) is -0.607. The van der Waals surface area contributed by atoms with Gasteiger partial charge in [-0.15, -0.1) is 5.11 Å². The first-order valence-electron chi connectivity index (χ1n) is 10.7. The number of aromatic hydroxyl groups is 1. The predicted molar refractivity (Wildman–Crippen MR) is 142 cm³/mol. The molecule has 1 aliphatic rings. The minimum atomic E-state index is -4.22. The number of sulfonamides is 2. The highest BCUT2D eigenvalue weighted by Gasteiger charge is 2.31. The average molecular weight is 624 g/mol. The third-order valence-corrected chi connectivity index (χ3v) is 9.72. The summed E-state index contributed by atoms with van der Waals surface area (Å²) >= 11 is 5.91. The summed E-state index contributed by atoms with van der Waals surface area (Å²) in [6, 6.07) is 8.95. The highest BCUT2D eigenvalue weighted by Crippen LogP contribution is 2.43. The first kappa shape index (κ1) is 28.5. The highest BCUT2D eigenvalue weighted by atomic mass is 35.7. The van der Waals surface area contributed by atoms with Gasteiger partial charge in [-0.05, 0) is 30.3 Å². The van der Waals surface area contributed by atoms with Gasteiger partial charge >= 0.3 is 0 Å².